The van der Waals surface area contributed by atoms with Crippen LogP contribution in [0.3, 0.4) is 0 Å². The molecule has 0 aromatic heterocycles. The van der Waals surface area contributed by atoms with Gasteiger partial charge >= 0.3 is 0 Å². The SMILES string of the molecule is CC[C@@H](N1CCc2cc(C(=O)NO)cc(F)c2C1)C12CC3CC(CC(C3)C1)C2. The lowest BCUT2D eigenvalue weighted by Crippen LogP contribution is -2.57. The first kappa shape index (κ1) is 18.6. The molecule has 4 fully saturated rings. The van der Waals surface area contributed by atoms with E-state index < -0.39 is 5.91 Å². The summed E-state index contributed by atoms with van der Waals surface area (Å²) in [7, 11) is 0. The van der Waals surface area contributed by atoms with Crippen molar-refractivity contribution >= 4 is 5.91 Å². The molecule has 2 N–H and O–H groups in total. The van der Waals surface area contributed by atoms with Crippen LogP contribution < -0.4 is 5.48 Å². The van der Waals surface area contributed by atoms with Gasteiger partial charge in [-0.15, -0.1) is 0 Å². The van der Waals surface area contributed by atoms with Gasteiger partial charge in [0.1, 0.15) is 5.82 Å². The molecule has 1 aromatic rings. The Morgan fingerprint density at radius 1 is 1.25 bits per heavy atom. The Bertz CT molecular complexity index is 758. The molecule has 0 spiro atoms. The Hall–Kier alpha value is -1.46. The summed E-state index contributed by atoms with van der Waals surface area (Å²) in [5, 5.41) is 8.85. The fourth-order valence-corrected chi connectivity index (χ4v) is 7.77. The van der Waals surface area contributed by atoms with Crippen molar-refractivity contribution in [2.75, 3.05) is 6.54 Å². The van der Waals surface area contributed by atoms with E-state index in [2.05, 4.69) is 11.8 Å². The van der Waals surface area contributed by atoms with Crippen LogP contribution in [0.25, 0.3) is 0 Å². The van der Waals surface area contributed by atoms with Crippen molar-refractivity contribution in [1.82, 2.24) is 10.4 Å². The number of halogens is 1. The van der Waals surface area contributed by atoms with Crippen molar-refractivity contribution in [2.24, 2.45) is 23.2 Å². The molecule has 5 aliphatic rings. The highest BCUT2D eigenvalue weighted by Gasteiger charge is 2.54. The van der Waals surface area contributed by atoms with Gasteiger partial charge < -0.3 is 0 Å². The van der Waals surface area contributed by atoms with Crippen molar-refractivity contribution in [2.45, 2.75) is 70.9 Å². The Morgan fingerprint density at radius 2 is 1.89 bits per heavy atom. The summed E-state index contributed by atoms with van der Waals surface area (Å²) in [5.74, 6) is 1.81. The molecular formula is C23H31FN2O2. The third-order valence-electron chi connectivity index (χ3n) is 8.30. The summed E-state index contributed by atoms with van der Waals surface area (Å²) in [6.07, 6.45) is 10.4. The minimum atomic E-state index is -0.649. The zero-order chi connectivity index (χ0) is 19.5. The maximum atomic E-state index is 14.8. The number of rotatable bonds is 4. The topological polar surface area (TPSA) is 52.6 Å². The second kappa shape index (κ2) is 6.81. The zero-order valence-corrected chi connectivity index (χ0v) is 16.7. The van der Waals surface area contributed by atoms with Gasteiger partial charge in [0.2, 0.25) is 0 Å². The molecule has 1 aliphatic heterocycles. The number of carbonyl (C=O) groups is 1. The monoisotopic (exact) mass is 386 g/mol. The van der Waals surface area contributed by atoms with Gasteiger partial charge in [0.05, 0.1) is 0 Å². The van der Waals surface area contributed by atoms with E-state index >= 15 is 0 Å². The first-order valence-corrected chi connectivity index (χ1v) is 11.0. The normalized spacial score (nSPS) is 34.9. The lowest BCUT2D eigenvalue weighted by molar-refractivity contribution is -0.105. The molecule has 6 rings (SSSR count). The number of hydrogen-bond donors (Lipinski definition) is 2. The highest BCUT2D eigenvalue weighted by atomic mass is 19.1. The van der Waals surface area contributed by atoms with Gasteiger partial charge in [-0.05, 0) is 92.2 Å². The summed E-state index contributed by atoms with van der Waals surface area (Å²) in [6, 6.07) is 3.54. The second-order valence-corrected chi connectivity index (χ2v) is 9.96. The molecule has 5 heteroatoms. The van der Waals surface area contributed by atoms with Gasteiger partial charge in [-0.2, -0.15) is 0 Å². The highest BCUT2D eigenvalue weighted by molar-refractivity contribution is 5.93. The number of hydrogen-bond acceptors (Lipinski definition) is 3. The zero-order valence-electron chi connectivity index (χ0n) is 16.7. The molecule has 0 unspecified atom stereocenters. The Morgan fingerprint density at radius 3 is 2.46 bits per heavy atom. The lowest BCUT2D eigenvalue weighted by atomic mass is 9.47. The Labute approximate surface area is 166 Å². The number of fused-ring (bicyclic) bond motifs is 1. The number of hydroxylamine groups is 1. The van der Waals surface area contributed by atoms with Crippen LogP contribution in [-0.2, 0) is 13.0 Å². The first-order valence-electron chi connectivity index (χ1n) is 11.0. The third-order valence-corrected chi connectivity index (χ3v) is 8.30. The summed E-state index contributed by atoms with van der Waals surface area (Å²) < 4.78 is 14.8. The second-order valence-electron chi connectivity index (χ2n) is 9.96. The standard InChI is InChI=1S/C23H31FN2O2/c1-2-21(23-10-14-5-15(11-23)7-16(6-14)12-23)26-4-3-17-8-18(22(27)25-28)9-20(24)19(17)13-26/h8-9,14-16,21,28H,2-7,10-13H2,1H3,(H,25,27)/t14?,15?,16?,21-,23?/m1/s1. The van der Waals surface area contributed by atoms with Gasteiger partial charge in [0.15, 0.2) is 0 Å². The summed E-state index contributed by atoms with van der Waals surface area (Å²) in [4.78, 5) is 14.2. The fraction of sp³-hybridized carbons (Fsp3) is 0.696. The molecule has 4 aliphatic carbocycles. The van der Waals surface area contributed by atoms with E-state index in [0.29, 0.717) is 18.0 Å². The average molecular weight is 387 g/mol. The highest BCUT2D eigenvalue weighted by Crippen LogP contribution is 2.62. The van der Waals surface area contributed by atoms with Crippen molar-refractivity contribution in [3.63, 3.8) is 0 Å². The van der Waals surface area contributed by atoms with Crippen LogP contribution in [0.5, 0.6) is 0 Å². The summed E-state index contributed by atoms with van der Waals surface area (Å²) in [5.41, 5.74) is 3.90. The van der Waals surface area contributed by atoms with Crippen LogP contribution >= 0.6 is 0 Å². The fourth-order valence-electron chi connectivity index (χ4n) is 7.77. The van der Waals surface area contributed by atoms with E-state index in [1.54, 1.807) is 11.5 Å². The van der Waals surface area contributed by atoms with E-state index in [9.17, 15) is 9.18 Å². The Balaban J connectivity index is 1.41. The number of benzene rings is 1. The molecule has 0 radical (unpaired) electrons. The quantitative estimate of drug-likeness (QED) is 0.599. The number of nitrogens with one attached hydrogen (secondary N) is 1. The molecule has 4 bridgehead atoms. The van der Waals surface area contributed by atoms with Gasteiger partial charge in [0, 0.05) is 30.3 Å². The van der Waals surface area contributed by atoms with E-state index in [-0.39, 0.29) is 11.4 Å². The van der Waals surface area contributed by atoms with Crippen molar-refractivity contribution in [1.29, 1.82) is 0 Å². The predicted molar refractivity (Wildman–Crippen MR) is 104 cm³/mol. The van der Waals surface area contributed by atoms with Gasteiger partial charge in [-0.1, -0.05) is 6.92 Å². The molecule has 1 atom stereocenters. The van der Waals surface area contributed by atoms with E-state index in [4.69, 9.17) is 5.21 Å². The van der Waals surface area contributed by atoms with E-state index in [0.717, 1.165) is 48.3 Å². The van der Waals surface area contributed by atoms with Crippen molar-refractivity contribution < 1.29 is 14.4 Å². The van der Waals surface area contributed by atoms with Gasteiger partial charge in [-0.3, -0.25) is 14.9 Å². The molecule has 0 saturated heterocycles. The van der Waals surface area contributed by atoms with Crippen LogP contribution in [0, 0.1) is 29.0 Å². The van der Waals surface area contributed by atoms with Crippen LogP contribution in [0.4, 0.5) is 4.39 Å². The number of carbonyl (C=O) groups excluding carboxylic acids is 1. The van der Waals surface area contributed by atoms with Crippen molar-refractivity contribution in [3.8, 4) is 0 Å². The summed E-state index contributed by atoms with van der Waals surface area (Å²) in [6.45, 7) is 3.88. The maximum Gasteiger partial charge on any atom is 0.274 e. The minimum Gasteiger partial charge on any atom is -0.295 e. The number of nitrogens with zero attached hydrogens (tertiary/aromatic N) is 1. The van der Waals surface area contributed by atoms with E-state index in [1.165, 1.54) is 44.6 Å². The predicted octanol–water partition coefficient (Wildman–Crippen LogP) is 4.30. The largest absolute Gasteiger partial charge is 0.295 e. The first-order chi connectivity index (χ1) is 13.5. The van der Waals surface area contributed by atoms with Crippen LogP contribution in [0.1, 0.15) is 73.4 Å². The minimum absolute atomic E-state index is 0.195. The molecule has 1 heterocycles. The van der Waals surface area contributed by atoms with Crippen LogP contribution in [-0.4, -0.2) is 28.6 Å². The van der Waals surface area contributed by atoms with Crippen molar-refractivity contribution in [3.05, 3.63) is 34.6 Å². The maximum absolute atomic E-state index is 14.8. The van der Waals surface area contributed by atoms with Crippen LogP contribution in [0.15, 0.2) is 12.1 Å². The molecule has 4 nitrogen and oxygen atoms in total. The van der Waals surface area contributed by atoms with Gasteiger partial charge in [-0.25, -0.2) is 9.87 Å². The van der Waals surface area contributed by atoms with Crippen LogP contribution in [0.2, 0.25) is 0 Å². The molecule has 1 amide bonds. The smallest absolute Gasteiger partial charge is 0.274 e. The Kier molecular flexibility index (Phi) is 4.51. The lowest BCUT2D eigenvalue weighted by Gasteiger charge is -2.61. The van der Waals surface area contributed by atoms with Gasteiger partial charge in [0.25, 0.3) is 5.91 Å². The molecule has 28 heavy (non-hydrogen) atoms. The molecule has 1 aromatic carbocycles. The summed E-state index contributed by atoms with van der Waals surface area (Å²) >= 11 is 0. The average Bonchev–Trinajstić information content (AvgIpc) is 2.67. The molecular weight excluding hydrogens is 355 g/mol. The van der Waals surface area contributed by atoms with E-state index in [1.807, 2.05) is 0 Å². The molecule has 152 valence electrons. The number of amides is 1. The third kappa shape index (κ3) is 2.89. The molecule has 4 saturated carbocycles.